The van der Waals surface area contributed by atoms with Crippen molar-refractivity contribution in [1.29, 1.82) is 0 Å². The lowest BCUT2D eigenvalue weighted by molar-refractivity contribution is -0.108. The van der Waals surface area contributed by atoms with Crippen LogP contribution in [0.1, 0.15) is 17.3 Å². The van der Waals surface area contributed by atoms with Crippen molar-refractivity contribution in [1.82, 2.24) is 14.9 Å². The van der Waals surface area contributed by atoms with E-state index in [0.717, 1.165) is 5.56 Å². The topological polar surface area (TPSA) is 78.9 Å². The van der Waals surface area contributed by atoms with E-state index in [9.17, 15) is 14.0 Å². The van der Waals surface area contributed by atoms with E-state index in [2.05, 4.69) is 9.97 Å². The number of nitrogens with zero attached hydrogens (tertiary/aromatic N) is 5. The molecule has 0 spiro atoms. The zero-order valence-corrected chi connectivity index (χ0v) is 15.6. The van der Waals surface area contributed by atoms with Crippen molar-refractivity contribution < 1.29 is 18.7 Å². The minimum absolute atomic E-state index is 0.152. The third-order valence-electron chi connectivity index (χ3n) is 5.15. The molecule has 0 radical (unpaired) electrons. The molecular weight excluding hydrogens is 365 g/mol. The van der Waals surface area contributed by atoms with Crippen molar-refractivity contribution in [3.8, 4) is 0 Å². The summed E-state index contributed by atoms with van der Waals surface area (Å²) in [6, 6.07) is 6.04. The number of anilines is 2. The van der Waals surface area contributed by atoms with Crippen LogP contribution in [0.2, 0.25) is 0 Å². The predicted octanol–water partition coefficient (Wildman–Crippen LogP) is 1.76. The van der Waals surface area contributed by atoms with Crippen LogP contribution < -0.4 is 9.80 Å². The molecule has 146 valence electrons. The van der Waals surface area contributed by atoms with Gasteiger partial charge in [-0.25, -0.2) is 19.2 Å². The fraction of sp³-hybridized carbons (Fsp3) is 0.368. The Morgan fingerprint density at radius 1 is 1.32 bits per heavy atom. The largest absolute Gasteiger partial charge is 0.377 e. The Hall–Kier alpha value is -3.07. The number of likely N-dealkylation sites (tertiary alicyclic amines) is 1. The first-order valence-electron chi connectivity index (χ1n) is 8.90. The van der Waals surface area contributed by atoms with Crippen LogP contribution in [0.3, 0.4) is 0 Å². The molecule has 8 nitrogen and oxygen atoms in total. The summed E-state index contributed by atoms with van der Waals surface area (Å²) in [5.74, 6) is 0.865. The van der Waals surface area contributed by atoms with Crippen LogP contribution in [0, 0.1) is 5.82 Å². The van der Waals surface area contributed by atoms with E-state index < -0.39 is 6.17 Å². The molecule has 0 saturated carbocycles. The lowest BCUT2D eigenvalue weighted by Crippen LogP contribution is -2.57. The summed E-state index contributed by atoms with van der Waals surface area (Å²) in [5.41, 5.74) is 1.48. The number of fused-ring (bicyclic) bond motifs is 1. The molecule has 1 atom stereocenters. The lowest BCUT2D eigenvalue weighted by atomic mass is 9.92. The highest BCUT2D eigenvalue weighted by Gasteiger charge is 2.44. The number of methoxy groups -OCH3 is 1. The van der Waals surface area contributed by atoms with Gasteiger partial charge < -0.3 is 14.5 Å². The maximum absolute atomic E-state index is 13.1. The molecule has 0 bridgehead atoms. The molecule has 1 saturated heterocycles. The van der Waals surface area contributed by atoms with Crippen molar-refractivity contribution in [3.05, 3.63) is 47.7 Å². The van der Waals surface area contributed by atoms with E-state index in [1.54, 1.807) is 42.3 Å². The molecule has 2 aliphatic rings. The molecule has 28 heavy (non-hydrogen) atoms. The third kappa shape index (κ3) is 2.97. The molecular formula is C19H20FN5O3. The van der Waals surface area contributed by atoms with Gasteiger partial charge in [0.25, 0.3) is 0 Å². The van der Waals surface area contributed by atoms with E-state index in [4.69, 9.17) is 4.74 Å². The van der Waals surface area contributed by atoms with Gasteiger partial charge in [-0.05, 0) is 17.7 Å². The number of benzene rings is 1. The number of halogens is 1. The Morgan fingerprint density at radius 3 is 2.68 bits per heavy atom. The molecule has 2 amide bonds. The molecule has 1 fully saturated rings. The minimum atomic E-state index is -0.778. The van der Waals surface area contributed by atoms with Gasteiger partial charge in [0, 0.05) is 33.2 Å². The maximum Gasteiger partial charge on any atom is 0.326 e. The normalized spacial score (nSPS) is 18.8. The van der Waals surface area contributed by atoms with Crippen LogP contribution in [0.4, 0.5) is 20.7 Å². The molecule has 2 aromatic rings. The number of rotatable bonds is 4. The minimum Gasteiger partial charge on any atom is -0.377 e. The summed E-state index contributed by atoms with van der Waals surface area (Å²) in [7, 11) is 3.26. The Labute approximate surface area is 161 Å². The first kappa shape index (κ1) is 18.3. The Morgan fingerprint density at radius 2 is 2.04 bits per heavy atom. The second-order valence-corrected chi connectivity index (χ2v) is 6.89. The van der Waals surface area contributed by atoms with Gasteiger partial charge in [-0.1, -0.05) is 12.1 Å². The number of likely N-dealkylation sites (N-methyl/N-ethyl adjacent to an activating group) is 1. The van der Waals surface area contributed by atoms with Crippen molar-refractivity contribution in [3.63, 3.8) is 0 Å². The number of carbonyl (C=O) groups is 2. The fourth-order valence-corrected chi connectivity index (χ4v) is 3.57. The Kier molecular flexibility index (Phi) is 4.68. The zero-order chi connectivity index (χ0) is 19.8. The van der Waals surface area contributed by atoms with Crippen molar-refractivity contribution in [2.24, 2.45) is 0 Å². The highest BCUT2D eigenvalue weighted by Crippen LogP contribution is 2.38. The Balaban J connectivity index is 1.53. The van der Waals surface area contributed by atoms with Crippen LogP contribution in [0.15, 0.2) is 30.5 Å². The highest BCUT2D eigenvalue weighted by molar-refractivity contribution is 6.03. The highest BCUT2D eigenvalue weighted by atomic mass is 19.1. The molecule has 2 aliphatic heterocycles. The summed E-state index contributed by atoms with van der Waals surface area (Å²) >= 11 is 0. The van der Waals surface area contributed by atoms with Crippen molar-refractivity contribution in [2.75, 3.05) is 37.0 Å². The first-order chi connectivity index (χ1) is 13.5. The van der Waals surface area contributed by atoms with E-state index in [-0.39, 0.29) is 24.4 Å². The summed E-state index contributed by atoms with van der Waals surface area (Å²) < 4.78 is 18.1. The number of carbonyl (C=O) groups excluding carboxylic acids is 2. The number of aldehydes is 1. The van der Waals surface area contributed by atoms with Gasteiger partial charge in [-0.2, -0.15) is 0 Å². The van der Waals surface area contributed by atoms with Gasteiger partial charge in [0.1, 0.15) is 18.1 Å². The fourth-order valence-electron chi connectivity index (χ4n) is 3.57. The van der Waals surface area contributed by atoms with Crippen LogP contribution in [-0.4, -0.2) is 60.6 Å². The number of hydrogen-bond acceptors (Lipinski definition) is 6. The van der Waals surface area contributed by atoms with Crippen molar-refractivity contribution >= 4 is 23.8 Å². The van der Waals surface area contributed by atoms with Crippen LogP contribution in [-0.2, 0) is 16.1 Å². The molecule has 1 aromatic heterocycles. The molecule has 1 unspecified atom stereocenters. The molecule has 1 aromatic carbocycles. The third-order valence-corrected chi connectivity index (χ3v) is 5.15. The molecule has 4 rings (SSSR count). The van der Waals surface area contributed by atoms with E-state index in [1.165, 1.54) is 17.0 Å². The molecule has 0 N–H and O–H groups in total. The van der Waals surface area contributed by atoms with Gasteiger partial charge in [0.05, 0.1) is 6.20 Å². The lowest BCUT2D eigenvalue weighted by Gasteiger charge is -2.42. The molecule has 9 heteroatoms. The molecule has 3 heterocycles. The summed E-state index contributed by atoms with van der Waals surface area (Å²) in [5, 5.41) is 0. The average Bonchev–Trinajstić information content (AvgIpc) is 2.94. The number of urea groups is 1. The number of amides is 2. The van der Waals surface area contributed by atoms with Crippen LogP contribution >= 0.6 is 0 Å². The van der Waals surface area contributed by atoms with Gasteiger partial charge in [0.15, 0.2) is 24.1 Å². The van der Waals surface area contributed by atoms with E-state index in [0.29, 0.717) is 36.7 Å². The number of ether oxygens (including phenoxy) is 1. The Bertz CT molecular complexity index is 901. The maximum atomic E-state index is 13.1. The van der Waals surface area contributed by atoms with Crippen LogP contribution in [0.5, 0.6) is 0 Å². The number of hydrogen-bond donors (Lipinski definition) is 0. The van der Waals surface area contributed by atoms with Gasteiger partial charge in [-0.15, -0.1) is 0 Å². The van der Waals surface area contributed by atoms with Crippen LogP contribution in [0.25, 0.3) is 0 Å². The predicted molar refractivity (Wildman–Crippen MR) is 99.6 cm³/mol. The molecule has 0 aliphatic carbocycles. The summed E-state index contributed by atoms with van der Waals surface area (Å²) in [6.07, 6.45) is 1.48. The SMILES string of the molecule is COCc1ncc2c(n1)N(C)C(C=O)N2C(=O)N1CC(c2ccc(F)cc2)C1. The quantitative estimate of drug-likeness (QED) is 0.747. The second-order valence-electron chi connectivity index (χ2n) is 6.89. The standard InChI is InChI=1S/C19H20FN5O3/c1-23-17(10-26)25(15-7-21-16(11-28-2)22-18(15)23)19(27)24-8-13(9-24)12-3-5-14(20)6-4-12/h3-7,10,13,17H,8-9,11H2,1-2H3. The van der Waals surface area contributed by atoms with E-state index >= 15 is 0 Å². The smallest absolute Gasteiger partial charge is 0.326 e. The van der Waals surface area contributed by atoms with Gasteiger partial charge in [0.2, 0.25) is 0 Å². The summed E-state index contributed by atoms with van der Waals surface area (Å²) in [4.78, 5) is 38.1. The van der Waals surface area contributed by atoms with Gasteiger partial charge in [-0.3, -0.25) is 9.69 Å². The first-order valence-corrected chi connectivity index (χ1v) is 8.90. The van der Waals surface area contributed by atoms with E-state index in [1.807, 2.05) is 0 Å². The zero-order valence-electron chi connectivity index (χ0n) is 15.6. The van der Waals surface area contributed by atoms with Gasteiger partial charge >= 0.3 is 6.03 Å². The number of aromatic nitrogens is 2. The summed E-state index contributed by atoms with van der Waals surface area (Å²) in [6.45, 7) is 1.26. The van der Waals surface area contributed by atoms with Crippen molar-refractivity contribution in [2.45, 2.75) is 18.7 Å². The monoisotopic (exact) mass is 385 g/mol. The average molecular weight is 385 g/mol. The second kappa shape index (κ2) is 7.16.